The van der Waals surface area contributed by atoms with Gasteiger partial charge < -0.3 is 0 Å². The second kappa shape index (κ2) is 5.41. The zero-order valence-electron chi connectivity index (χ0n) is 6.37. The van der Waals surface area contributed by atoms with E-state index >= 15 is 0 Å². The Morgan fingerprint density at radius 3 is 2.36 bits per heavy atom. The van der Waals surface area contributed by atoms with Gasteiger partial charge in [-0.2, -0.15) is 0 Å². The maximum atomic E-state index is 10.3. The largest absolute Gasteiger partial charge is 0.281 e. The normalized spacial score (nSPS) is 11.6. The number of hydrogen-bond acceptors (Lipinski definition) is 1. The van der Waals surface area contributed by atoms with Crippen molar-refractivity contribution in [2.75, 3.05) is 0 Å². The van der Waals surface area contributed by atoms with Crippen molar-refractivity contribution >= 4 is 45.7 Å². The molecule has 0 aromatic carbocycles. The van der Waals surface area contributed by atoms with Gasteiger partial charge in [-0.05, 0) is 30.1 Å². The lowest BCUT2D eigenvalue weighted by molar-refractivity contribution is -0.111. The Labute approximate surface area is 82.4 Å². The van der Waals surface area contributed by atoms with Crippen LogP contribution < -0.4 is 0 Å². The van der Waals surface area contributed by atoms with E-state index in [0.717, 1.165) is 18.5 Å². The molecule has 0 aliphatic carbocycles. The van der Waals surface area contributed by atoms with Gasteiger partial charge >= 0.3 is 0 Å². The standard InChI is InChI=1S/C6H11Cl3OSi/c1-2-11(8,9)5-3-4-6(7)10/h2-5H2,1H3. The Kier molecular flexibility index (Phi) is 5.78. The molecule has 0 aliphatic rings. The zero-order valence-corrected chi connectivity index (χ0v) is 9.64. The molecular weight excluding hydrogens is 223 g/mol. The molecule has 0 aromatic heterocycles. The van der Waals surface area contributed by atoms with Gasteiger partial charge in [0.25, 0.3) is 6.69 Å². The molecule has 0 N–H and O–H groups in total. The van der Waals surface area contributed by atoms with E-state index in [9.17, 15) is 4.79 Å². The van der Waals surface area contributed by atoms with Gasteiger partial charge in [-0.25, -0.2) is 0 Å². The van der Waals surface area contributed by atoms with Gasteiger partial charge in [0, 0.05) is 6.42 Å². The number of carbonyl (C=O) groups is 1. The summed E-state index contributed by atoms with van der Waals surface area (Å²) in [6.45, 7) is -0.0435. The van der Waals surface area contributed by atoms with Crippen LogP contribution in [0.5, 0.6) is 0 Å². The average Bonchev–Trinajstić information content (AvgIpc) is 1.87. The summed E-state index contributed by atoms with van der Waals surface area (Å²) < 4.78 is 0. The van der Waals surface area contributed by atoms with Crippen molar-refractivity contribution < 1.29 is 4.79 Å². The third-order valence-electron chi connectivity index (χ3n) is 1.43. The lowest BCUT2D eigenvalue weighted by Gasteiger charge is -2.12. The molecule has 0 aliphatic heterocycles. The third kappa shape index (κ3) is 7.13. The summed E-state index contributed by atoms with van der Waals surface area (Å²) in [7, 11) is 0. The van der Waals surface area contributed by atoms with Crippen molar-refractivity contribution in [2.45, 2.75) is 31.9 Å². The van der Waals surface area contributed by atoms with Crippen LogP contribution in [0.15, 0.2) is 0 Å². The van der Waals surface area contributed by atoms with Crippen molar-refractivity contribution in [3.8, 4) is 0 Å². The molecule has 0 amide bonds. The smallest absolute Gasteiger partial charge is 0.251 e. The predicted molar refractivity (Wildman–Crippen MR) is 52.8 cm³/mol. The first kappa shape index (κ1) is 11.8. The molecular formula is C6H11Cl3OSi. The predicted octanol–water partition coefficient (Wildman–Crippen LogP) is 3.47. The minimum Gasteiger partial charge on any atom is -0.281 e. The molecule has 0 spiro atoms. The molecule has 1 nitrogen and oxygen atoms in total. The van der Waals surface area contributed by atoms with Crippen molar-refractivity contribution in [3.05, 3.63) is 0 Å². The molecule has 0 heterocycles. The van der Waals surface area contributed by atoms with E-state index < -0.39 is 6.69 Å². The Balaban J connectivity index is 3.45. The lowest BCUT2D eigenvalue weighted by atomic mass is 10.4. The van der Waals surface area contributed by atoms with Crippen LogP contribution in [-0.2, 0) is 4.79 Å². The van der Waals surface area contributed by atoms with E-state index in [0.29, 0.717) is 6.42 Å². The first-order chi connectivity index (χ1) is 4.98. The summed E-state index contributed by atoms with van der Waals surface area (Å²) in [6, 6.07) is 1.58. The van der Waals surface area contributed by atoms with Crippen LogP contribution in [0.3, 0.4) is 0 Å². The Morgan fingerprint density at radius 2 is 2.00 bits per heavy atom. The fourth-order valence-corrected chi connectivity index (χ4v) is 2.65. The van der Waals surface area contributed by atoms with Crippen LogP contribution in [0.25, 0.3) is 0 Å². The molecule has 0 saturated carbocycles. The number of hydrogen-bond donors (Lipinski definition) is 0. The van der Waals surface area contributed by atoms with E-state index in [4.69, 9.17) is 33.8 Å². The van der Waals surface area contributed by atoms with E-state index in [1.54, 1.807) is 0 Å². The topological polar surface area (TPSA) is 17.1 Å². The minimum atomic E-state index is -2.01. The van der Waals surface area contributed by atoms with Crippen LogP contribution >= 0.6 is 33.8 Å². The Morgan fingerprint density at radius 1 is 1.45 bits per heavy atom. The Bertz CT molecular complexity index is 138. The molecule has 0 radical (unpaired) electrons. The SMILES string of the molecule is CC[Si](Cl)(Cl)CCCC(=O)Cl. The van der Waals surface area contributed by atoms with Crippen molar-refractivity contribution in [1.29, 1.82) is 0 Å². The van der Waals surface area contributed by atoms with E-state index in [1.165, 1.54) is 0 Å². The average molecular weight is 234 g/mol. The highest BCUT2D eigenvalue weighted by Crippen LogP contribution is 2.27. The van der Waals surface area contributed by atoms with Gasteiger partial charge in [-0.1, -0.05) is 6.92 Å². The van der Waals surface area contributed by atoms with Crippen LogP contribution in [0.2, 0.25) is 12.1 Å². The lowest BCUT2D eigenvalue weighted by Crippen LogP contribution is -2.16. The summed E-state index contributed by atoms with van der Waals surface area (Å²) in [5.41, 5.74) is 0. The summed E-state index contributed by atoms with van der Waals surface area (Å²) in [5, 5.41) is -0.306. The maximum Gasteiger partial charge on any atom is 0.251 e. The summed E-state index contributed by atoms with van der Waals surface area (Å²) in [4.78, 5) is 10.3. The van der Waals surface area contributed by atoms with Gasteiger partial charge in [0.05, 0.1) is 0 Å². The maximum absolute atomic E-state index is 10.3. The molecule has 0 fully saturated rings. The molecule has 11 heavy (non-hydrogen) atoms. The summed E-state index contributed by atoms with van der Waals surface area (Å²) >= 11 is 17.0. The fourth-order valence-electron chi connectivity index (χ4n) is 0.663. The van der Waals surface area contributed by atoms with Crippen molar-refractivity contribution in [3.63, 3.8) is 0 Å². The molecule has 5 heteroatoms. The van der Waals surface area contributed by atoms with Crippen LogP contribution in [0.4, 0.5) is 0 Å². The van der Waals surface area contributed by atoms with Crippen LogP contribution in [0.1, 0.15) is 19.8 Å². The fraction of sp³-hybridized carbons (Fsp3) is 0.833. The third-order valence-corrected chi connectivity index (χ3v) is 6.48. The summed E-state index contributed by atoms with van der Waals surface area (Å²) in [5.74, 6) is 0. The molecule has 0 saturated heterocycles. The van der Waals surface area contributed by atoms with E-state index in [2.05, 4.69) is 0 Å². The van der Waals surface area contributed by atoms with Crippen molar-refractivity contribution in [1.82, 2.24) is 0 Å². The number of halogens is 3. The molecule has 0 atom stereocenters. The zero-order chi connectivity index (χ0) is 8.91. The van der Waals surface area contributed by atoms with Crippen LogP contribution in [0, 0.1) is 0 Å². The molecule has 0 aromatic rings. The van der Waals surface area contributed by atoms with Gasteiger partial charge in [-0.15, -0.1) is 22.2 Å². The highest BCUT2D eigenvalue weighted by atomic mass is 35.7. The monoisotopic (exact) mass is 232 g/mol. The van der Waals surface area contributed by atoms with Crippen molar-refractivity contribution in [2.24, 2.45) is 0 Å². The number of carbonyl (C=O) groups excluding carboxylic acids is 1. The van der Waals surface area contributed by atoms with E-state index in [-0.39, 0.29) is 5.24 Å². The first-order valence-electron chi connectivity index (χ1n) is 3.54. The highest BCUT2D eigenvalue weighted by molar-refractivity contribution is 7.45. The Hall–Kier alpha value is 0.757. The number of rotatable bonds is 5. The second-order valence-corrected chi connectivity index (χ2v) is 10.7. The molecule has 0 rings (SSSR count). The van der Waals surface area contributed by atoms with Gasteiger partial charge in [0.1, 0.15) is 0 Å². The van der Waals surface area contributed by atoms with Gasteiger partial charge in [-0.3, -0.25) is 4.79 Å². The highest BCUT2D eigenvalue weighted by Gasteiger charge is 2.24. The molecule has 0 bridgehead atoms. The van der Waals surface area contributed by atoms with Crippen LogP contribution in [-0.4, -0.2) is 11.9 Å². The second-order valence-electron chi connectivity index (χ2n) is 2.42. The molecule has 66 valence electrons. The van der Waals surface area contributed by atoms with Gasteiger partial charge in [0.2, 0.25) is 5.24 Å². The summed E-state index contributed by atoms with van der Waals surface area (Å²) in [6.07, 6.45) is 1.10. The minimum absolute atomic E-state index is 0.306. The quantitative estimate of drug-likeness (QED) is 0.404. The van der Waals surface area contributed by atoms with E-state index in [1.807, 2.05) is 6.92 Å². The first-order valence-corrected chi connectivity index (χ1v) is 8.35. The van der Waals surface area contributed by atoms with Gasteiger partial charge in [0.15, 0.2) is 0 Å². The molecule has 0 unspecified atom stereocenters.